The molecule has 2 aromatic rings. The molecule has 1 saturated heterocycles. The molecule has 2 aliphatic rings. The van der Waals surface area contributed by atoms with E-state index in [1.54, 1.807) is 18.2 Å². The molecule has 1 fully saturated rings. The topological polar surface area (TPSA) is 118 Å². The minimum absolute atomic E-state index is 0.164. The lowest BCUT2D eigenvalue weighted by Gasteiger charge is -2.25. The number of carbonyl (C=O) groups excluding carboxylic acids is 2. The summed E-state index contributed by atoms with van der Waals surface area (Å²) < 4.78 is 56.0. The predicted octanol–water partition coefficient (Wildman–Crippen LogP) is 3.96. The van der Waals surface area contributed by atoms with E-state index in [4.69, 9.17) is 14.2 Å². The SMILES string of the molecule is CCN1CCCN(C(=O)Nc2cc(OC[C@H]3COC(C)(C)O3)ccn2)c2nc(C(=O)N[C@H](C)C(F)(F)F)ccc21. The Morgan fingerprint density at radius 2 is 2.02 bits per heavy atom. The Labute approximate surface area is 230 Å². The summed E-state index contributed by atoms with van der Waals surface area (Å²) in [5.74, 6) is -0.822. The molecule has 2 aromatic heterocycles. The van der Waals surface area contributed by atoms with Crippen LogP contribution in [-0.2, 0) is 9.47 Å². The molecule has 0 aliphatic carbocycles. The number of hydrogen-bond donors (Lipinski definition) is 2. The van der Waals surface area contributed by atoms with Gasteiger partial charge >= 0.3 is 12.2 Å². The maximum absolute atomic E-state index is 13.4. The number of amides is 3. The number of hydrogen-bond acceptors (Lipinski definition) is 8. The Morgan fingerprint density at radius 1 is 1.25 bits per heavy atom. The lowest BCUT2D eigenvalue weighted by Crippen LogP contribution is -2.43. The second-order valence-corrected chi connectivity index (χ2v) is 9.93. The molecule has 3 amide bonds. The van der Waals surface area contributed by atoms with Gasteiger partial charge in [0.15, 0.2) is 11.6 Å². The third-order valence-electron chi connectivity index (χ3n) is 6.43. The zero-order valence-corrected chi connectivity index (χ0v) is 22.7. The molecule has 0 aromatic carbocycles. The molecule has 0 radical (unpaired) electrons. The third-order valence-corrected chi connectivity index (χ3v) is 6.43. The van der Waals surface area contributed by atoms with Crippen molar-refractivity contribution in [3.05, 3.63) is 36.2 Å². The van der Waals surface area contributed by atoms with E-state index in [1.807, 2.05) is 31.0 Å². The Hall–Kier alpha value is -3.65. The molecule has 14 heteroatoms. The van der Waals surface area contributed by atoms with E-state index in [2.05, 4.69) is 15.3 Å². The third kappa shape index (κ3) is 7.10. The van der Waals surface area contributed by atoms with E-state index in [9.17, 15) is 22.8 Å². The molecule has 0 bridgehead atoms. The molecule has 0 saturated carbocycles. The largest absolute Gasteiger partial charge is 0.491 e. The predicted molar refractivity (Wildman–Crippen MR) is 141 cm³/mol. The van der Waals surface area contributed by atoms with Crippen molar-refractivity contribution in [1.29, 1.82) is 0 Å². The zero-order valence-electron chi connectivity index (χ0n) is 22.7. The summed E-state index contributed by atoms with van der Waals surface area (Å²) in [7, 11) is 0. The number of urea groups is 1. The highest BCUT2D eigenvalue weighted by atomic mass is 19.4. The molecule has 0 spiro atoms. The number of rotatable bonds is 7. The molecule has 218 valence electrons. The zero-order chi connectivity index (χ0) is 29.1. The summed E-state index contributed by atoms with van der Waals surface area (Å²) in [5.41, 5.74) is 0.350. The molecular formula is C26H33F3N6O5. The number of nitrogens with one attached hydrogen (secondary N) is 2. The molecule has 4 heterocycles. The van der Waals surface area contributed by atoms with Gasteiger partial charge < -0.3 is 24.4 Å². The fourth-order valence-electron chi connectivity index (χ4n) is 4.32. The lowest BCUT2D eigenvalue weighted by molar-refractivity contribution is -0.149. The summed E-state index contributed by atoms with van der Waals surface area (Å²) in [6.07, 6.45) is -2.77. The lowest BCUT2D eigenvalue weighted by atomic mass is 10.2. The van der Waals surface area contributed by atoms with Gasteiger partial charge in [-0.2, -0.15) is 13.2 Å². The highest BCUT2D eigenvalue weighted by Crippen LogP contribution is 2.32. The number of fused-ring (bicyclic) bond motifs is 1. The molecule has 4 rings (SSSR count). The Kier molecular flexibility index (Phi) is 8.68. The fourth-order valence-corrected chi connectivity index (χ4v) is 4.32. The molecule has 0 unspecified atom stereocenters. The van der Waals surface area contributed by atoms with Crippen LogP contribution in [0.4, 0.5) is 35.3 Å². The van der Waals surface area contributed by atoms with E-state index in [0.717, 1.165) is 6.92 Å². The van der Waals surface area contributed by atoms with E-state index < -0.39 is 29.9 Å². The van der Waals surface area contributed by atoms with Gasteiger partial charge in [-0.25, -0.2) is 14.8 Å². The molecule has 2 N–H and O–H groups in total. The van der Waals surface area contributed by atoms with Gasteiger partial charge in [-0.05, 0) is 52.3 Å². The number of ether oxygens (including phenoxy) is 3. The number of anilines is 3. The summed E-state index contributed by atoms with van der Waals surface area (Å²) in [6.45, 7) is 8.55. The summed E-state index contributed by atoms with van der Waals surface area (Å²) >= 11 is 0. The minimum Gasteiger partial charge on any atom is -0.491 e. The van der Waals surface area contributed by atoms with Crippen LogP contribution in [0, 0.1) is 0 Å². The Morgan fingerprint density at radius 3 is 2.70 bits per heavy atom. The maximum atomic E-state index is 13.4. The van der Waals surface area contributed by atoms with Gasteiger partial charge in [0.1, 0.15) is 36.0 Å². The number of carbonyl (C=O) groups is 2. The smallest absolute Gasteiger partial charge is 0.408 e. The van der Waals surface area contributed by atoms with Crippen LogP contribution in [0.2, 0.25) is 0 Å². The highest BCUT2D eigenvalue weighted by Gasteiger charge is 2.38. The van der Waals surface area contributed by atoms with Crippen molar-refractivity contribution in [2.45, 2.75) is 58.2 Å². The van der Waals surface area contributed by atoms with Gasteiger partial charge in [0.2, 0.25) is 0 Å². The van der Waals surface area contributed by atoms with Gasteiger partial charge in [0.05, 0.1) is 12.3 Å². The first-order valence-electron chi connectivity index (χ1n) is 13.0. The van der Waals surface area contributed by atoms with Crippen LogP contribution in [0.5, 0.6) is 5.75 Å². The van der Waals surface area contributed by atoms with Gasteiger partial charge in [-0.3, -0.25) is 15.0 Å². The van der Waals surface area contributed by atoms with Crippen molar-refractivity contribution in [2.24, 2.45) is 0 Å². The van der Waals surface area contributed by atoms with Crippen LogP contribution in [0.25, 0.3) is 0 Å². The molecule has 40 heavy (non-hydrogen) atoms. The first-order valence-corrected chi connectivity index (χ1v) is 13.0. The van der Waals surface area contributed by atoms with Gasteiger partial charge in [0, 0.05) is 31.9 Å². The number of pyridine rings is 2. The number of aromatic nitrogens is 2. The van der Waals surface area contributed by atoms with Crippen molar-refractivity contribution >= 4 is 29.3 Å². The monoisotopic (exact) mass is 566 g/mol. The van der Waals surface area contributed by atoms with E-state index in [0.29, 0.717) is 37.6 Å². The highest BCUT2D eigenvalue weighted by molar-refractivity contribution is 6.03. The van der Waals surface area contributed by atoms with Crippen LogP contribution >= 0.6 is 0 Å². The van der Waals surface area contributed by atoms with Crippen LogP contribution < -0.4 is 25.2 Å². The van der Waals surface area contributed by atoms with E-state index in [-0.39, 0.29) is 36.6 Å². The minimum atomic E-state index is -4.61. The average Bonchev–Trinajstić information content (AvgIpc) is 3.14. The van der Waals surface area contributed by atoms with Gasteiger partial charge in [0.25, 0.3) is 5.91 Å². The summed E-state index contributed by atoms with van der Waals surface area (Å²) in [6, 6.07) is 3.52. The van der Waals surface area contributed by atoms with Crippen molar-refractivity contribution in [3.63, 3.8) is 0 Å². The molecule has 2 aliphatic heterocycles. The molecular weight excluding hydrogens is 533 g/mol. The van der Waals surface area contributed by atoms with E-state index in [1.165, 1.54) is 17.2 Å². The van der Waals surface area contributed by atoms with Gasteiger partial charge in [-0.15, -0.1) is 0 Å². The van der Waals surface area contributed by atoms with Crippen molar-refractivity contribution in [1.82, 2.24) is 15.3 Å². The standard InChI is InChI=1S/C26H33F3N6O5/c1-5-34-11-6-12-35(22-20(34)8-7-19(32-22)23(36)31-16(2)26(27,28)29)24(37)33-21-13-17(9-10-30-21)38-14-18-15-39-25(3,4)40-18/h7-10,13,16,18H,5-6,11-12,14-15H2,1-4H3,(H,31,36)(H,30,33,37)/t16-,18+/m1/s1. The van der Waals surface area contributed by atoms with Crippen LogP contribution in [0.15, 0.2) is 30.5 Å². The Bertz CT molecular complexity index is 1230. The van der Waals surface area contributed by atoms with Crippen molar-refractivity contribution in [3.8, 4) is 5.75 Å². The van der Waals surface area contributed by atoms with Gasteiger partial charge in [-0.1, -0.05) is 0 Å². The summed E-state index contributed by atoms with van der Waals surface area (Å²) in [5, 5.41) is 4.64. The summed E-state index contributed by atoms with van der Waals surface area (Å²) in [4.78, 5) is 37.8. The van der Waals surface area contributed by atoms with Crippen molar-refractivity contribution in [2.75, 3.05) is 48.0 Å². The maximum Gasteiger partial charge on any atom is 0.408 e. The molecule has 11 nitrogen and oxygen atoms in total. The van der Waals surface area contributed by atoms with Crippen LogP contribution in [0.1, 0.15) is 44.6 Å². The number of nitrogens with zero attached hydrogens (tertiary/aromatic N) is 4. The van der Waals surface area contributed by atoms with Crippen LogP contribution in [-0.4, -0.2) is 78.9 Å². The number of halogens is 3. The fraction of sp³-hybridized carbons (Fsp3) is 0.538. The van der Waals surface area contributed by atoms with Crippen LogP contribution in [0.3, 0.4) is 0 Å². The second-order valence-electron chi connectivity index (χ2n) is 9.93. The second kappa shape index (κ2) is 11.8. The molecule has 2 atom stereocenters. The van der Waals surface area contributed by atoms with E-state index >= 15 is 0 Å². The van der Waals surface area contributed by atoms with Crippen molar-refractivity contribution < 1.29 is 37.0 Å². The first kappa shape index (κ1) is 29.3. The first-order chi connectivity index (χ1) is 18.9. The Balaban J connectivity index is 1.51. The number of alkyl halides is 3. The normalized spacial score (nSPS) is 19.4. The average molecular weight is 567 g/mol. The quantitative estimate of drug-likeness (QED) is 0.517.